The third kappa shape index (κ3) is 1.80. The van der Waals surface area contributed by atoms with E-state index in [1.165, 1.54) is 59.7 Å². The van der Waals surface area contributed by atoms with Gasteiger partial charge < -0.3 is 4.90 Å². The summed E-state index contributed by atoms with van der Waals surface area (Å²) in [5.74, 6) is 0. The molecule has 0 aromatic heterocycles. The number of fused-ring (bicyclic) bond motifs is 1. The van der Waals surface area contributed by atoms with Crippen LogP contribution in [0.4, 0.5) is 5.69 Å². The zero-order valence-electron chi connectivity index (χ0n) is 11.0. The maximum atomic E-state index is 3.66. The summed E-state index contributed by atoms with van der Waals surface area (Å²) in [4.78, 5) is 2.57. The Morgan fingerprint density at radius 3 is 2.32 bits per heavy atom. The van der Waals surface area contributed by atoms with Gasteiger partial charge in [-0.3, -0.25) is 0 Å². The molecule has 19 heavy (non-hydrogen) atoms. The highest BCUT2D eigenvalue weighted by Crippen LogP contribution is 2.48. The lowest BCUT2D eigenvalue weighted by molar-refractivity contribution is 0.222. The van der Waals surface area contributed by atoms with Gasteiger partial charge in [-0.05, 0) is 30.4 Å². The molecule has 1 heterocycles. The Bertz CT molecular complexity index is 620. The van der Waals surface area contributed by atoms with Crippen molar-refractivity contribution in [2.45, 2.75) is 25.7 Å². The Hall–Kier alpha value is -1.02. The van der Waals surface area contributed by atoms with Crippen molar-refractivity contribution in [1.82, 2.24) is 0 Å². The third-order valence-electron chi connectivity index (χ3n) is 4.91. The summed E-state index contributed by atoms with van der Waals surface area (Å²) in [5.41, 5.74) is 2.07. The van der Waals surface area contributed by atoms with Crippen molar-refractivity contribution in [3.8, 4) is 0 Å². The number of anilines is 1. The molecule has 1 nitrogen and oxygen atoms in total. The fourth-order valence-electron chi connectivity index (χ4n) is 3.90. The lowest BCUT2D eigenvalue weighted by Gasteiger charge is -2.50. The monoisotopic (exact) mass is 315 g/mol. The Morgan fingerprint density at radius 1 is 0.895 bits per heavy atom. The first-order valence-corrected chi connectivity index (χ1v) is 7.99. The van der Waals surface area contributed by atoms with Gasteiger partial charge in [0.15, 0.2) is 0 Å². The summed E-state index contributed by atoms with van der Waals surface area (Å²) >= 11 is 3.66. The van der Waals surface area contributed by atoms with E-state index in [4.69, 9.17) is 0 Å². The number of halogens is 1. The Labute approximate surface area is 122 Å². The van der Waals surface area contributed by atoms with Crippen LogP contribution >= 0.6 is 15.9 Å². The van der Waals surface area contributed by atoms with Gasteiger partial charge in [0.1, 0.15) is 0 Å². The molecule has 2 heteroatoms. The smallest absolute Gasteiger partial charge is 0.0447 e. The molecule has 1 saturated heterocycles. The topological polar surface area (TPSA) is 3.24 Å². The maximum Gasteiger partial charge on any atom is 0.0447 e. The standard InChI is InChI=1S/C17H18BrN/c18-15-7-8-16(14-6-2-1-5-13(14)15)19-11-17(12-19)9-3-4-10-17/h1-2,5-8H,3-4,9-12H2. The van der Waals surface area contributed by atoms with Crippen molar-refractivity contribution in [3.05, 3.63) is 40.9 Å². The summed E-state index contributed by atoms with van der Waals surface area (Å²) in [5, 5.41) is 2.71. The second-order valence-corrected chi connectivity index (χ2v) is 7.03. The third-order valence-corrected chi connectivity index (χ3v) is 5.60. The van der Waals surface area contributed by atoms with Gasteiger partial charge in [0.2, 0.25) is 0 Å². The number of hydrogen-bond acceptors (Lipinski definition) is 1. The van der Waals surface area contributed by atoms with E-state index in [1.807, 2.05) is 0 Å². The van der Waals surface area contributed by atoms with Gasteiger partial charge >= 0.3 is 0 Å². The van der Waals surface area contributed by atoms with Crippen LogP contribution in [0.2, 0.25) is 0 Å². The largest absolute Gasteiger partial charge is 0.370 e. The van der Waals surface area contributed by atoms with E-state index in [-0.39, 0.29) is 0 Å². The van der Waals surface area contributed by atoms with Gasteiger partial charge in [-0.1, -0.05) is 53.0 Å². The number of hydrogen-bond donors (Lipinski definition) is 0. The summed E-state index contributed by atoms with van der Waals surface area (Å²) in [6, 6.07) is 13.2. The van der Waals surface area contributed by atoms with Crippen molar-refractivity contribution >= 4 is 32.4 Å². The molecular weight excluding hydrogens is 298 g/mol. The van der Waals surface area contributed by atoms with Crippen LogP contribution in [0.1, 0.15) is 25.7 Å². The van der Waals surface area contributed by atoms with E-state index >= 15 is 0 Å². The van der Waals surface area contributed by atoms with Crippen LogP contribution in [-0.4, -0.2) is 13.1 Å². The molecule has 0 unspecified atom stereocenters. The van der Waals surface area contributed by atoms with Crippen molar-refractivity contribution in [3.63, 3.8) is 0 Å². The first-order chi connectivity index (χ1) is 9.27. The lowest BCUT2D eigenvalue weighted by Crippen LogP contribution is -2.55. The predicted molar refractivity (Wildman–Crippen MR) is 84.8 cm³/mol. The Kier molecular flexibility index (Phi) is 2.63. The molecule has 2 aromatic carbocycles. The molecule has 1 aliphatic heterocycles. The average Bonchev–Trinajstić information content (AvgIpc) is 2.88. The SMILES string of the molecule is Brc1ccc(N2CC3(CCCC3)C2)c2ccccc12. The number of rotatable bonds is 1. The molecule has 0 atom stereocenters. The molecule has 1 spiro atoms. The molecular formula is C17H18BrN. The van der Waals surface area contributed by atoms with Gasteiger partial charge in [-0.15, -0.1) is 0 Å². The van der Waals surface area contributed by atoms with E-state index in [2.05, 4.69) is 57.2 Å². The fraction of sp³-hybridized carbons (Fsp3) is 0.412. The van der Waals surface area contributed by atoms with Crippen LogP contribution in [0.5, 0.6) is 0 Å². The second kappa shape index (κ2) is 4.24. The van der Waals surface area contributed by atoms with Crippen molar-refractivity contribution < 1.29 is 0 Å². The molecule has 2 fully saturated rings. The van der Waals surface area contributed by atoms with Crippen LogP contribution in [0.25, 0.3) is 10.8 Å². The highest BCUT2D eigenvalue weighted by atomic mass is 79.9. The minimum atomic E-state index is 0.661. The summed E-state index contributed by atoms with van der Waals surface area (Å²) in [6.45, 7) is 2.53. The van der Waals surface area contributed by atoms with Crippen LogP contribution in [0.3, 0.4) is 0 Å². The zero-order chi connectivity index (χ0) is 12.9. The minimum Gasteiger partial charge on any atom is -0.370 e. The molecule has 0 amide bonds. The summed E-state index contributed by atoms with van der Waals surface area (Å²) in [6.07, 6.45) is 5.76. The van der Waals surface area contributed by atoms with Crippen molar-refractivity contribution in [1.29, 1.82) is 0 Å². The van der Waals surface area contributed by atoms with E-state index in [9.17, 15) is 0 Å². The first-order valence-electron chi connectivity index (χ1n) is 7.20. The molecule has 98 valence electrons. The summed E-state index contributed by atoms with van der Waals surface area (Å²) in [7, 11) is 0. The van der Waals surface area contributed by atoms with E-state index in [0.717, 1.165) is 0 Å². The Balaban J connectivity index is 1.71. The van der Waals surface area contributed by atoms with Gasteiger partial charge in [0, 0.05) is 34.1 Å². The minimum absolute atomic E-state index is 0.661. The Morgan fingerprint density at radius 2 is 1.58 bits per heavy atom. The number of nitrogens with zero attached hydrogens (tertiary/aromatic N) is 1. The zero-order valence-corrected chi connectivity index (χ0v) is 12.6. The molecule has 0 N–H and O–H groups in total. The fourth-order valence-corrected chi connectivity index (χ4v) is 4.38. The van der Waals surface area contributed by atoms with Gasteiger partial charge in [0.25, 0.3) is 0 Å². The van der Waals surface area contributed by atoms with Gasteiger partial charge in [0.05, 0.1) is 0 Å². The highest BCUT2D eigenvalue weighted by molar-refractivity contribution is 9.10. The van der Waals surface area contributed by atoms with Gasteiger partial charge in [-0.2, -0.15) is 0 Å². The van der Waals surface area contributed by atoms with Crippen LogP contribution in [-0.2, 0) is 0 Å². The molecule has 0 radical (unpaired) electrons. The normalized spacial score (nSPS) is 21.0. The molecule has 1 saturated carbocycles. The predicted octanol–water partition coefficient (Wildman–Crippen LogP) is 4.98. The van der Waals surface area contributed by atoms with E-state index in [1.54, 1.807) is 0 Å². The molecule has 2 aromatic rings. The average molecular weight is 316 g/mol. The van der Waals surface area contributed by atoms with Crippen LogP contribution in [0.15, 0.2) is 40.9 Å². The molecule has 2 aliphatic rings. The lowest BCUT2D eigenvalue weighted by atomic mass is 9.78. The molecule has 4 rings (SSSR count). The van der Waals surface area contributed by atoms with Gasteiger partial charge in [-0.25, -0.2) is 0 Å². The van der Waals surface area contributed by atoms with Crippen molar-refractivity contribution in [2.24, 2.45) is 5.41 Å². The second-order valence-electron chi connectivity index (χ2n) is 6.18. The number of benzene rings is 2. The first kappa shape index (κ1) is 11.8. The van der Waals surface area contributed by atoms with Crippen LogP contribution in [0, 0.1) is 5.41 Å². The van der Waals surface area contributed by atoms with Crippen molar-refractivity contribution in [2.75, 3.05) is 18.0 Å². The van der Waals surface area contributed by atoms with Crippen LogP contribution < -0.4 is 4.90 Å². The van der Waals surface area contributed by atoms with E-state index in [0.29, 0.717) is 5.41 Å². The summed E-state index contributed by atoms with van der Waals surface area (Å²) < 4.78 is 1.20. The highest BCUT2D eigenvalue weighted by Gasteiger charge is 2.44. The molecule has 0 bridgehead atoms. The quantitative estimate of drug-likeness (QED) is 0.717. The van der Waals surface area contributed by atoms with E-state index < -0.39 is 0 Å². The maximum absolute atomic E-state index is 3.66. The molecule has 1 aliphatic carbocycles.